The average Bonchev–Trinajstić information content (AvgIpc) is 3.19. The van der Waals surface area contributed by atoms with Crippen LogP contribution in [0.3, 0.4) is 0 Å². The van der Waals surface area contributed by atoms with Crippen LogP contribution in [-0.4, -0.2) is 30.7 Å². The standard InChI is InChI=1S/C16H18N2O3S/c1-20-12-5-2-4-11(8-12)9-13-10-17-16(22-13)18-15(19)14-6-3-7-21-14/h2,4-5,8,10,14H,3,6-7,9H2,1H3,(H,17,18,19). The number of amides is 1. The Kier molecular flexibility index (Phi) is 4.70. The predicted molar refractivity (Wildman–Crippen MR) is 85.5 cm³/mol. The molecule has 0 saturated carbocycles. The van der Waals surface area contributed by atoms with Crippen molar-refractivity contribution in [1.29, 1.82) is 0 Å². The number of benzene rings is 1. The molecule has 1 aromatic carbocycles. The topological polar surface area (TPSA) is 60.5 Å². The van der Waals surface area contributed by atoms with Crippen LogP contribution in [0.5, 0.6) is 5.75 Å². The summed E-state index contributed by atoms with van der Waals surface area (Å²) in [5, 5.41) is 3.45. The maximum absolute atomic E-state index is 12.0. The van der Waals surface area contributed by atoms with Gasteiger partial charge in [0.25, 0.3) is 5.91 Å². The number of aromatic nitrogens is 1. The minimum atomic E-state index is -0.328. The highest BCUT2D eigenvalue weighted by Gasteiger charge is 2.24. The second kappa shape index (κ2) is 6.89. The van der Waals surface area contributed by atoms with Gasteiger partial charge in [-0.25, -0.2) is 4.98 Å². The van der Waals surface area contributed by atoms with Gasteiger partial charge in [-0.05, 0) is 30.5 Å². The van der Waals surface area contributed by atoms with E-state index in [0.717, 1.165) is 35.5 Å². The van der Waals surface area contributed by atoms with Crippen LogP contribution in [0.1, 0.15) is 23.3 Å². The molecule has 1 aliphatic heterocycles. The lowest BCUT2D eigenvalue weighted by Crippen LogP contribution is -2.26. The maximum atomic E-state index is 12.0. The van der Waals surface area contributed by atoms with Gasteiger partial charge >= 0.3 is 0 Å². The molecular formula is C16H18N2O3S. The molecule has 1 N–H and O–H groups in total. The fourth-order valence-corrected chi connectivity index (χ4v) is 3.25. The van der Waals surface area contributed by atoms with Crippen LogP contribution in [-0.2, 0) is 16.0 Å². The Morgan fingerprint density at radius 2 is 2.45 bits per heavy atom. The summed E-state index contributed by atoms with van der Waals surface area (Å²) in [5.74, 6) is 0.744. The van der Waals surface area contributed by atoms with Gasteiger partial charge in [0.2, 0.25) is 0 Å². The minimum absolute atomic E-state index is 0.0974. The molecule has 0 aliphatic carbocycles. The van der Waals surface area contributed by atoms with Gasteiger partial charge < -0.3 is 9.47 Å². The van der Waals surface area contributed by atoms with E-state index in [1.165, 1.54) is 11.3 Å². The van der Waals surface area contributed by atoms with Gasteiger partial charge in [-0.1, -0.05) is 12.1 Å². The number of hydrogen-bond acceptors (Lipinski definition) is 5. The molecule has 1 amide bonds. The molecule has 5 nitrogen and oxygen atoms in total. The molecule has 1 atom stereocenters. The normalized spacial score (nSPS) is 17.4. The highest BCUT2D eigenvalue weighted by atomic mass is 32.1. The summed E-state index contributed by atoms with van der Waals surface area (Å²) in [5.41, 5.74) is 1.15. The van der Waals surface area contributed by atoms with E-state index in [0.29, 0.717) is 11.7 Å². The number of nitrogens with one attached hydrogen (secondary N) is 1. The van der Waals surface area contributed by atoms with E-state index < -0.39 is 0 Å². The quantitative estimate of drug-likeness (QED) is 0.921. The summed E-state index contributed by atoms with van der Waals surface area (Å²) >= 11 is 1.49. The van der Waals surface area contributed by atoms with Crippen LogP contribution in [0.2, 0.25) is 0 Å². The average molecular weight is 318 g/mol. The molecule has 1 aliphatic rings. The molecule has 1 saturated heterocycles. The molecule has 0 spiro atoms. The number of rotatable bonds is 5. The number of thiazole rings is 1. The summed E-state index contributed by atoms with van der Waals surface area (Å²) in [4.78, 5) is 17.3. The van der Waals surface area contributed by atoms with Crippen LogP contribution in [0.4, 0.5) is 5.13 Å². The van der Waals surface area contributed by atoms with Crippen molar-refractivity contribution in [3.05, 3.63) is 40.9 Å². The Morgan fingerprint density at radius 1 is 1.55 bits per heavy atom. The molecule has 3 rings (SSSR count). The Labute approximate surface area is 133 Å². The molecule has 2 heterocycles. The van der Waals surface area contributed by atoms with Crippen molar-refractivity contribution in [2.24, 2.45) is 0 Å². The minimum Gasteiger partial charge on any atom is -0.497 e. The van der Waals surface area contributed by atoms with Crippen molar-refractivity contribution in [3.8, 4) is 5.75 Å². The molecule has 0 bridgehead atoms. The molecule has 22 heavy (non-hydrogen) atoms. The Balaban J connectivity index is 1.62. The summed E-state index contributed by atoms with van der Waals surface area (Å²) in [7, 11) is 1.66. The first-order valence-electron chi connectivity index (χ1n) is 7.25. The third kappa shape index (κ3) is 3.64. The zero-order chi connectivity index (χ0) is 15.4. The Hall–Kier alpha value is -1.92. The number of methoxy groups -OCH3 is 1. The fraction of sp³-hybridized carbons (Fsp3) is 0.375. The van der Waals surface area contributed by atoms with E-state index in [1.807, 2.05) is 24.3 Å². The third-order valence-corrected chi connectivity index (χ3v) is 4.43. The molecule has 6 heteroatoms. The number of ether oxygens (including phenoxy) is 2. The Bertz CT molecular complexity index is 650. The second-order valence-corrected chi connectivity index (χ2v) is 6.27. The monoisotopic (exact) mass is 318 g/mol. The highest BCUT2D eigenvalue weighted by molar-refractivity contribution is 7.15. The number of carbonyl (C=O) groups excluding carboxylic acids is 1. The van der Waals surface area contributed by atoms with Crippen LogP contribution in [0.15, 0.2) is 30.5 Å². The molecule has 116 valence electrons. The Morgan fingerprint density at radius 3 is 3.23 bits per heavy atom. The third-order valence-electron chi connectivity index (χ3n) is 3.52. The van der Waals surface area contributed by atoms with Crippen molar-refractivity contribution < 1.29 is 14.3 Å². The lowest BCUT2D eigenvalue weighted by molar-refractivity contribution is -0.124. The van der Waals surface area contributed by atoms with Crippen molar-refractivity contribution in [1.82, 2.24) is 4.98 Å². The van der Waals surface area contributed by atoms with Crippen LogP contribution < -0.4 is 10.1 Å². The zero-order valence-corrected chi connectivity index (χ0v) is 13.2. The van der Waals surface area contributed by atoms with Gasteiger partial charge in [0.15, 0.2) is 5.13 Å². The maximum Gasteiger partial charge on any atom is 0.255 e. The van der Waals surface area contributed by atoms with E-state index in [2.05, 4.69) is 10.3 Å². The number of nitrogens with zero attached hydrogens (tertiary/aromatic N) is 1. The van der Waals surface area contributed by atoms with E-state index in [-0.39, 0.29) is 12.0 Å². The number of carbonyl (C=O) groups is 1. The van der Waals surface area contributed by atoms with Crippen molar-refractivity contribution in [2.45, 2.75) is 25.4 Å². The predicted octanol–water partition coefficient (Wildman–Crippen LogP) is 2.86. The molecular weight excluding hydrogens is 300 g/mol. The van der Waals surface area contributed by atoms with Crippen LogP contribution in [0.25, 0.3) is 0 Å². The van der Waals surface area contributed by atoms with Crippen molar-refractivity contribution in [3.63, 3.8) is 0 Å². The van der Waals surface area contributed by atoms with E-state index in [4.69, 9.17) is 9.47 Å². The lowest BCUT2D eigenvalue weighted by atomic mass is 10.1. The first-order chi connectivity index (χ1) is 10.7. The van der Waals surface area contributed by atoms with Crippen LogP contribution >= 0.6 is 11.3 Å². The molecule has 2 aromatic rings. The summed E-state index contributed by atoms with van der Waals surface area (Å²) < 4.78 is 10.6. The smallest absolute Gasteiger partial charge is 0.255 e. The van der Waals surface area contributed by atoms with Gasteiger partial charge in [0.05, 0.1) is 7.11 Å². The largest absolute Gasteiger partial charge is 0.497 e. The fourth-order valence-electron chi connectivity index (χ4n) is 2.40. The first kappa shape index (κ1) is 15.0. The van der Waals surface area contributed by atoms with Gasteiger partial charge in [-0.3, -0.25) is 10.1 Å². The summed E-state index contributed by atoms with van der Waals surface area (Å²) in [6.07, 6.45) is 3.97. The van der Waals surface area contributed by atoms with Gasteiger partial charge in [-0.2, -0.15) is 0 Å². The first-order valence-corrected chi connectivity index (χ1v) is 8.06. The summed E-state index contributed by atoms with van der Waals surface area (Å²) in [6, 6.07) is 7.94. The van der Waals surface area contributed by atoms with E-state index in [9.17, 15) is 4.79 Å². The van der Waals surface area contributed by atoms with E-state index >= 15 is 0 Å². The van der Waals surface area contributed by atoms with Gasteiger partial charge in [-0.15, -0.1) is 11.3 Å². The van der Waals surface area contributed by atoms with Crippen LogP contribution in [0, 0.1) is 0 Å². The zero-order valence-electron chi connectivity index (χ0n) is 12.4. The van der Waals surface area contributed by atoms with Gasteiger partial charge in [0, 0.05) is 24.1 Å². The molecule has 1 aromatic heterocycles. The second-order valence-electron chi connectivity index (χ2n) is 5.15. The van der Waals surface area contributed by atoms with E-state index in [1.54, 1.807) is 13.3 Å². The van der Waals surface area contributed by atoms with Crippen molar-refractivity contribution in [2.75, 3.05) is 19.0 Å². The van der Waals surface area contributed by atoms with Gasteiger partial charge in [0.1, 0.15) is 11.9 Å². The number of anilines is 1. The SMILES string of the molecule is COc1cccc(Cc2cnc(NC(=O)C3CCCO3)s2)c1. The molecule has 1 fully saturated rings. The lowest BCUT2D eigenvalue weighted by Gasteiger charge is -2.07. The number of hydrogen-bond donors (Lipinski definition) is 1. The molecule has 1 unspecified atom stereocenters. The summed E-state index contributed by atoms with van der Waals surface area (Å²) in [6.45, 7) is 0.664. The molecule has 0 radical (unpaired) electrons. The van der Waals surface area contributed by atoms with Crippen molar-refractivity contribution >= 4 is 22.4 Å². The highest BCUT2D eigenvalue weighted by Crippen LogP contribution is 2.24.